The molecule has 0 saturated carbocycles. The van der Waals surface area contributed by atoms with E-state index in [1.807, 2.05) is 12.1 Å². The summed E-state index contributed by atoms with van der Waals surface area (Å²) in [6.07, 6.45) is 3.17. The summed E-state index contributed by atoms with van der Waals surface area (Å²) in [7, 11) is -3.14. The van der Waals surface area contributed by atoms with Crippen molar-refractivity contribution in [2.24, 2.45) is 0 Å². The van der Waals surface area contributed by atoms with E-state index in [1.165, 1.54) is 19.4 Å². The highest BCUT2D eigenvalue weighted by Crippen LogP contribution is 2.36. The minimum absolute atomic E-state index is 0.0444. The van der Waals surface area contributed by atoms with Gasteiger partial charge >= 0.3 is 0 Å². The van der Waals surface area contributed by atoms with Gasteiger partial charge in [-0.15, -0.1) is 10.2 Å². The number of anilines is 1. The van der Waals surface area contributed by atoms with Crippen LogP contribution in [0.5, 0.6) is 5.88 Å². The van der Waals surface area contributed by atoms with Crippen molar-refractivity contribution >= 4 is 26.6 Å². The normalized spacial score (nSPS) is 18.0. The Hall–Kier alpha value is -4.47. The predicted molar refractivity (Wildman–Crippen MR) is 168 cm³/mol. The number of piperazine rings is 1. The SMILES string of the molecule is COc1ncc(-c2cc(-c3nnc(CN4C[C@@H](C)N(C(C)C)[C@@H](C)C4)o3)c3cn[nH]c3c2)cc1NS(=O)(=O)c1ccc(F)cc1F. The third-order valence-electron chi connectivity index (χ3n) is 8.08. The number of H-pyrrole nitrogens is 1. The number of pyridine rings is 1. The average molecular weight is 653 g/mol. The van der Waals surface area contributed by atoms with Crippen molar-refractivity contribution in [3.8, 4) is 28.5 Å². The van der Waals surface area contributed by atoms with Gasteiger partial charge in [0.1, 0.15) is 22.2 Å². The van der Waals surface area contributed by atoms with Crippen molar-refractivity contribution in [2.75, 3.05) is 24.9 Å². The highest BCUT2D eigenvalue weighted by atomic mass is 32.2. The number of sulfonamides is 1. The van der Waals surface area contributed by atoms with Gasteiger partial charge in [0.05, 0.1) is 30.9 Å². The van der Waals surface area contributed by atoms with Gasteiger partial charge in [0.25, 0.3) is 10.0 Å². The lowest BCUT2D eigenvalue weighted by atomic mass is 10.0. The molecule has 0 unspecified atom stereocenters. The number of fused-ring (bicyclic) bond motifs is 1. The summed E-state index contributed by atoms with van der Waals surface area (Å²) in [6, 6.07) is 8.59. The van der Waals surface area contributed by atoms with Crippen LogP contribution in [0.15, 0.2) is 58.1 Å². The second-order valence-electron chi connectivity index (χ2n) is 11.8. The number of hydrogen-bond acceptors (Lipinski definition) is 10. The van der Waals surface area contributed by atoms with Crippen molar-refractivity contribution in [1.82, 2.24) is 35.2 Å². The molecule has 46 heavy (non-hydrogen) atoms. The molecule has 12 nitrogen and oxygen atoms in total. The zero-order valence-corrected chi connectivity index (χ0v) is 26.8. The number of hydrogen-bond donors (Lipinski definition) is 2. The standard InChI is InChI=1S/C31H34F2N8O4S/c1-17(2)41-18(3)14-40(15-19(41)4)16-29-37-38-30(45-29)23-8-20(9-26-24(23)13-35-36-26)21-10-27(31(44-5)34-12-21)39-46(42,43)28-7-6-22(32)11-25(28)33/h6-13,17-19,39H,14-16H2,1-5H3,(H,35,36)/t18-,19+. The summed E-state index contributed by atoms with van der Waals surface area (Å²) in [5.74, 6) is -1.38. The van der Waals surface area contributed by atoms with Gasteiger partial charge in [0, 0.05) is 54.4 Å². The summed E-state index contributed by atoms with van der Waals surface area (Å²) in [4.78, 5) is 8.38. The minimum Gasteiger partial charge on any atom is -0.480 e. The maximum absolute atomic E-state index is 14.4. The number of halogens is 2. The maximum Gasteiger partial charge on any atom is 0.264 e. The largest absolute Gasteiger partial charge is 0.480 e. The molecule has 1 aliphatic rings. The highest BCUT2D eigenvalue weighted by molar-refractivity contribution is 7.92. The molecule has 0 spiro atoms. The fourth-order valence-corrected chi connectivity index (χ4v) is 7.45. The van der Waals surface area contributed by atoms with E-state index in [1.54, 1.807) is 6.20 Å². The number of nitrogens with one attached hydrogen (secondary N) is 2. The van der Waals surface area contributed by atoms with E-state index in [0.29, 0.717) is 64.7 Å². The molecule has 0 aliphatic carbocycles. The van der Waals surface area contributed by atoms with Gasteiger partial charge in [-0.1, -0.05) is 0 Å². The molecule has 2 atom stereocenters. The molecule has 2 N–H and O–H groups in total. The van der Waals surface area contributed by atoms with Crippen LogP contribution in [0.4, 0.5) is 14.5 Å². The van der Waals surface area contributed by atoms with Crippen LogP contribution in [0, 0.1) is 11.6 Å². The lowest BCUT2D eigenvalue weighted by Gasteiger charge is -2.46. The molecule has 1 saturated heterocycles. The molecule has 15 heteroatoms. The van der Waals surface area contributed by atoms with Gasteiger partial charge in [-0.25, -0.2) is 22.2 Å². The van der Waals surface area contributed by atoms with Crippen LogP contribution >= 0.6 is 0 Å². The second-order valence-corrected chi connectivity index (χ2v) is 13.4. The molecule has 2 aromatic carbocycles. The third kappa shape index (κ3) is 6.17. The molecule has 1 fully saturated rings. The quantitative estimate of drug-likeness (QED) is 0.222. The van der Waals surface area contributed by atoms with Gasteiger partial charge in [-0.05, 0) is 63.6 Å². The fourth-order valence-electron chi connectivity index (χ4n) is 6.34. The Morgan fingerprint density at radius 2 is 1.83 bits per heavy atom. The number of methoxy groups -OCH3 is 1. The molecule has 3 aromatic heterocycles. The molecular weight excluding hydrogens is 618 g/mol. The third-order valence-corrected chi connectivity index (χ3v) is 9.48. The fraction of sp³-hybridized carbons (Fsp3) is 0.355. The Balaban J connectivity index is 1.30. The molecule has 4 heterocycles. The van der Waals surface area contributed by atoms with Crippen LogP contribution in [0.3, 0.4) is 0 Å². The van der Waals surface area contributed by atoms with E-state index in [4.69, 9.17) is 9.15 Å². The monoisotopic (exact) mass is 652 g/mol. The van der Waals surface area contributed by atoms with E-state index in [-0.39, 0.29) is 11.6 Å². The summed E-state index contributed by atoms with van der Waals surface area (Å²) in [5.41, 5.74) is 2.38. The molecule has 6 rings (SSSR count). The van der Waals surface area contributed by atoms with Crippen LogP contribution < -0.4 is 9.46 Å². The van der Waals surface area contributed by atoms with Gasteiger partial charge in [0.15, 0.2) is 0 Å². The number of aromatic amines is 1. The van der Waals surface area contributed by atoms with Crippen molar-refractivity contribution in [3.63, 3.8) is 0 Å². The first kappa shape index (κ1) is 31.5. The summed E-state index contributed by atoms with van der Waals surface area (Å²) in [6.45, 7) is 11.2. The van der Waals surface area contributed by atoms with Gasteiger partial charge in [0.2, 0.25) is 17.7 Å². The summed E-state index contributed by atoms with van der Waals surface area (Å²) >= 11 is 0. The molecule has 242 valence electrons. The van der Waals surface area contributed by atoms with Crippen molar-refractivity contribution in [1.29, 1.82) is 0 Å². The average Bonchev–Trinajstić information content (AvgIpc) is 3.65. The second kappa shape index (κ2) is 12.4. The van der Waals surface area contributed by atoms with Crippen LogP contribution in [0.1, 0.15) is 33.6 Å². The topological polar surface area (TPSA) is 142 Å². The molecule has 0 amide bonds. The first-order chi connectivity index (χ1) is 21.9. The first-order valence-electron chi connectivity index (χ1n) is 14.8. The van der Waals surface area contributed by atoms with Crippen molar-refractivity contribution < 1.29 is 26.4 Å². The Morgan fingerprint density at radius 3 is 2.52 bits per heavy atom. The van der Waals surface area contributed by atoms with Gasteiger partial charge < -0.3 is 9.15 Å². The maximum atomic E-state index is 14.4. The summed E-state index contributed by atoms with van der Waals surface area (Å²) < 4.78 is 67.7. The predicted octanol–water partition coefficient (Wildman–Crippen LogP) is 5.07. The van der Waals surface area contributed by atoms with Crippen molar-refractivity contribution in [3.05, 3.63) is 66.3 Å². The van der Waals surface area contributed by atoms with E-state index in [0.717, 1.165) is 30.6 Å². The molecule has 0 bridgehead atoms. The highest BCUT2D eigenvalue weighted by Gasteiger charge is 2.32. The van der Waals surface area contributed by atoms with Crippen LogP contribution in [0.2, 0.25) is 0 Å². The van der Waals surface area contributed by atoms with E-state index in [2.05, 4.69) is 67.6 Å². The van der Waals surface area contributed by atoms with E-state index in [9.17, 15) is 17.2 Å². The Labute approximate surface area is 264 Å². The number of aromatic nitrogens is 5. The van der Waals surface area contributed by atoms with Crippen LogP contribution in [-0.2, 0) is 16.6 Å². The van der Waals surface area contributed by atoms with E-state index < -0.39 is 26.6 Å². The zero-order valence-electron chi connectivity index (χ0n) is 26.0. The van der Waals surface area contributed by atoms with Crippen molar-refractivity contribution in [2.45, 2.75) is 57.3 Å². The Morgan fingerprint density at radius 1 is 1.07 bits per heavy atom. The van der Waals surface area contributed by atoms with Crippen LogP contribution in [-0.4, -0.2) is 81.9 Å². The summed E-state index contributed by atoms with van der Waals surface area (Å²) in [5, 5.41) is 16.6. The number of rotatable bonds is 9. The molecule has 1 aliphatic heterocycles. The van der Waals surface area contributed by atoms with Gasteiger partial charge in [-0.2, -0.15) is 5.10 Å². The Kier molecular flexibility index (Phi) is 8.48. The van der Waals surface area contributed by atoms with Gasteiger partial charge in [-0.3, -0.25) is 19.6 Å². The molecular formula is C31H34F2N8O4S. The smallest absolute Gasteiger partial charge is 0.264 e. The molecule has 5 aromatic rings. The zero-order chi connectivity index (χ0) is 32.7. The minimum atomic E-state index is -4.46. The van der Waals surface area contributed by atoms with Crippen LogP contribution in [0.25, 0.3) is 33.5 Å². The lowest BCUT2D eigenvalue weighted by molar-refractivity contribution is 0.0102. The number of ether oxygens (including phenoxy) is 1. The van der Waals surface area contributed by atoms with E-state index >= 15 is 0 Å². The number of benzene rings is 2. The Bertz CT molecular complexity index is 1990. The lowest BCUT2D eigenvalue weighted by Crippen LogP contribution is -2.58. The molecule has 0 radical (unpaired) electrons. The number of nitrogens with zero attached hydrogens (tertiary/aromatic N) is 6. The first-order valence-corrected chi connectivity index (χ1v) is 16.2.